The summed E-state index contributed by atoms with van der Waals surface area (Å²) in [6, 6.07) is 11.5. The fraction of sp³-hybridized carbons (Fsp3) is 0. The van der Waals surface area contributed by atoms with E-state index in [2.05, 4.69) is 15.0 Å². The first-order chi connectivity index (χ1) is 10.6. The predicted molar refractivity (Wildman–Crippen MR) is 77.9 cm³/mol. The zero-order valence-electron chi connectivity index (χ0n) is 11.6. The molecule has 3 aromatic heterocycles. The van der Waals surface area contributed by atoms with Gasteiger partial charge in [0.1, 0.15) is 0 Å². The number of hydrogen-bond acceptors (Lipinski definition) is 6. The first-order valence-corrected chi connectivity index (χ1v) is 7.96. The predicted octanol–water partition coefficient (Wildman–Crippen LogP) is 0.742. The summed E-state index contributed by atoms with van der Waals surface area (Å²) in [4.78, 5) is 35.4. The molecule has 0 bridgehead atoms. The summed E-state index contributed by atoms with van der Waals surface area (Å²) in [6.45, 7) is 0. The molecule has 23 heavy (non-hydrogen) atoms. The van der Waals surface area contributed by atoms with Gasteiger partial charge in [-0.25, -0.2) is 0 Å². The molecule has 3 rings (SSSR count). The molecule has 3 heterocycles. The van der Waals surface area contributed by atoms with Crippen LogP contribution in [0.25, 0.3) is 22.6 Å². The molecule has 8 heteroatoms. The minimum atomic E-state index is -4.96. The molecule has 3 aromatic rings. The van der Waals surface area contributed by atoms with Crippen LogP contribution in [0.15, 0.2) is 61.1 Å². The van der Waals surface area contributed by atoms with Gasteiger partial charge < -0.3 is 14.4 Å². The van der Waals surface area contributed by atoms with E-state index < -0.39 is 7.60 Å². The Balaban J connectivity index is 0.00000192. The van der Waals surface area contributed by atoms with Crippen LogP contribution in [-0.4, -0.2) is 15.0 Å². The van der Waals surface area contributed by atoms with E-state index in [1.54, 1.807) is 30.5 Å². The van der Waals surface area contributed by atoms with Gasteiger partial charge in [-0.15, -0.1) is 0 Å². The van der Waals surface area contributed by atoms with Crippen LogP contribution in [0.3, 0.4) is 0 Å². The molecular formula is C15H10N3O3PRu. The van der Waals surface area contributed by atoms with Gasteiger partial charge in [-0.3, -0.25) is 15.0 Å². The van der Waals surface area contributed by atoms with Crippen molar-refractivity contribution in [1.29, 1.82) is 0 Å². The first-order valence-electron chi connectivity index (χ1n) is 6.42. The van der Waals surface area contributed by atoms with Crippen molar-refractivity contribution in [2.24, 2.45) is 0 Å². The number of rotatable bonds is 3. The molecule has 0 atom stereocenters. The van der Waals surface area contributed by atoms with Crippen molar-refractivity contribution < 1.29 is 33.8 Å². The van der Waals surface area contributed by atoms with Gasteiger partial charge in [0.05, 0.1) is 17.1 Å². The number of nitrogens with zero attached hydrogens (tertiary/aromatic N) is 3. The molecule has 0 N–H and O–H groups in total. The van der Waals surface area contributed by atoms with E-state index in [0.717, 1.165) is 0 Å². The Bertz CT molecular complexity index is 855. The molecule has 116 valence electrons. The van der Waals surface area contributed by atoms with E-state index in [4.69, 9.17) is 0 Å². The molecule has 0 radical (unpaired) electrons. The fourth-order valence-corrected chi connectivity index (χ4v) is 2.81. The van der Waals surface area contributed by atoms with Crippen LogP contribution in [0, 0.1) is 0 Å². The Labute approximate surface area is 145 Å². The van der Waals surface area contributed by atoms with Gasteiger partial charge in [-0.1, -0.05) is 12.1 Å². The van der Waals surface area contributed by atoms with Gasteiger partial charge >= 0.3 is 19.5 Å². The fourth-order valence-electron chi connectivity index (χ4n) is 2.12. The van der Waals surface area contributed by atoms with Crippen molar-refractivity contribution in [3.63, 3.8) is 0 Å². The third-order valence-electron chi connectivity index (χ3n) is 3.05. The number of hydrogen-bond donors (Lipinski definition) is 0. The van der Waals surface area contributed by atoms with E-state index in [1.165, 1.54) is 24.5 Å². The Hall–Kier alpha value is -1.78. The molecule has 0 spiro atoms. The van der Waals surface area contributed by atoms with Gasteiger partial charge in [0.25, 0.3) is 0 Å². The monoisotopic (exact) mass is 413 g/mol. The van der Waals surface area contributed by atoms with Crippen LogP contribution in [0.1, 0.15) is 0 Å². The Morgan fingerprint density at radius 2 is 1.43 bits per heavy atom. The summed E-state index contributed by atoms with van der Waals surface area (Å²) in [5.74, 6) is 0. The standard InChI is InChI=1S/C15H12N3O3P.Ru/c19-22(20,21)13-7-4-10-18-15(13)14-11(5-3-9-17-14)12-6-1-2-8-16-12;/h1-10H,(H2,19,20,21);/q;+2/p-2. The topological polar surface area (TPSA) is 102 Å². The largest absolute Gasteiger partial charge is 2.00 e. The van der Waals surface area contributed by atoms with Crippen LogP contribution in [0.2, 0.25) is 0 Å². The second-order valence-corrected chi connectivity index (χ2v) is 5.96. The molecular weight excluding hydrogens is 402 g/mol. The van der Waals surface area contributed by atoms with Crippen LogP contribution >= 0.6 is 7.60 Å². The average molecular weight is 412 g/mol. The summed E-state index contributed by atoms with van der Waals surface area (Å²) in [7, 11) is -4.96. The van der Waals surface area contributed by atoms with E-state index >= 15 is 0 Å². The van der Waals surface area contributed by atoms with Crippen molar-refractivity contribution in [2.75, 3.05) is 0 Å². The van der Waals surface area contributed by atoms with Crippen LogP contribution in [0.4, 0.5) is 0 Å². The Morgan fingerprint density at radius 1 is 0.783 bits per heavy atom. The summed E-state index contributed by atoms with van der Waals surface area (Å²) < 4.78 is 11.5. The van der Waals surface area contributed by atoms with Crippen LogP contribution in [0.5, 0.6) is 0 Å². The van der Waals surface area contributed by atoms with Gasteiger partial charge in [0, 0.05) is 29.5 Å². The molecule has 0 unspecified atom stereocenters. The third kappa shape index (κ3) is 3.77. The zero-order chi connectivity index (χ0) is 15.6. The Morgan fingerprint density at radius 3 is 2.09 bits per heavy atom. The second kappa shape index (κ2) is 7.20. The van der Waals surface area contributed by atoms with Crippen molar-refractivity contribution in [3.8, 4) is 22.6 Å². The molecule has 0 aliphatic carbocycles. The summed E-state index contributed by atoms with van der Waals surface area (Å²) in [5, 5.41) is -0.370. The molecule has 0 aliphatic heterocycles. The van der Waals surface area contributed by atoms with Crippen LogP contribution in [-0.2, 0) is 24.0 Å². The van der Waals surface area contributed by atoms with Gasteiger partial charge in [-0.05, 0) is 37.9 Å². The van der Waals surface area contributed by atoms with Crippen molar-refractivity contribution in [2.45, 2.75) is 0 Å². The molecule has 0 fully saturated rings. The summed E-state index contributed by atoms with van der Waals surface area (Å²) in [6.07, 6.45) is 4.56. The Kier molecular flexibility index (Phi) is 5.50. The van der Waals surface area contributed by atoms with E-state index in [0.29, 0.717) is 17.0 Å². The van der Waals surface area contributed by atoms with E-state index in [1.807, 2.05) is 6.07 Å². The maximum Gasteiger partial charge on any atom is 2.00 e. The average Bonchev–Trinajstić information content (AvgIpc) is 2.55. The van der Waals surface area contributed by atoms with Gasteiger partial charge in [-0.2, -0.15) is 0 Å². The normalized spacial score (nSPS) is 10.9. The van der Waals surface area contributed by atoms with Crippen molar-refractivity contribution in [1.82, 2.24) is 15.0 Å². The first kappa shape index (κ1) is 17.6. The molecule has 0 saturated carbocycles. The van der Waals surface area contributed by atoms with Gasteiger partial charge in [0.2, 0.25) is 0 Å². The molecule has 6 nitrogen and oxygen atoms in total. The minimum Gasteiger partial charge on any atom is -0.807 e. The summed E-state index contributed by atoms with van der Waals surface area (Å²) >= 11 is 0. The third-order valence-corrected chi connectivity index (χ3v) is 4.01. The van der Waals surface area contributed by atoms with E-state index in [9.17, 15) is 14.4 Å². The minimum absolute atomic E-state index is 0. The molecule has 0 saturated heterocycles. The summed E-state index contributed by atoms with van der Waals surface area (Å²) in [5.41, 5.74) is 1.58. The molecule has 0 aliphatic rings. The van der Waals surface area contributed by atoms with E-state index in [-0.39, 0.29) is 30.5 Å². The quantitative estimate of drug-likeness (QED) is 0.465. The maximum atomic E-state index is 11.5. The van der Waals surface area contributed by atoms with Crippen molar-refractivity contribution in [3.05, 3.63) is 61.1 Å². The zero-order valence-corrected chi connectivity index (χ0v) is 14.3. The second-order valence-electron chi connectivity index (χ2n) is 4.48. The maximum absolute atomic E-state index is 11.5. The van der Waals surface area contributed by atoms with Crippen molar-refractivity contribution >= 4 is 12.9 Å². The number of aromatic nitrogens is 3. The number of pyridine rings is 3. The van der Waals surface area contributed by atoms with Crippen LogP contribution < -0.4 is 15.1 Å². The molecule has 0 aromatic carbocycles. The smallest absolute Gasteiger partial charge is 0.807 e. The molecule has 0 amide bonds. The SMILES string of the molecule is O=P([O-])([O-])c1cccnc1-c1ncccc1-c1ccccn1.[Ru+2]. The van der Waals surface area contributed by atoms with Gasteiger partial charge in [0.15, 0.2) is 0 Å².